The van der Waals surface area contributed by atoms with Gasteiger partial charge in [0.1, 0.15) is 11.4 Å². The smallest absolute Gasteiger partial charge is 0.410 e. The van der Waals surface area contributed by atoms with Crippen LogP contribution in [0.25, 0.3) is 5.65 Å². The van der Waals surface area contributed by atoms with E-state index in [-0.39, 0.29) is 24.1 Å². The van der Waals surface area contributed by atoms with E-state index in [0.717, 1.165) is 47.8 Å². The van der Waals surface area contributed by atoms with Crippen LogP contribution in [0.1, 0.15) is 69.8 Å². The summed E-state index contributed by atoms with van der Waals surface area (Å²) in [5.74, 6) is 0.960. The SMILES string of the molecule is Cc1cn2nc([C@H](C)N(C)C(=O)C3(c4ccccc4)CCN(C(=O)OC(C)(C)C)CC3)cc2nc1N1CC[C@H](N)C1. The summed E-state index contributed by atoms with van der Waals surface area (Å²) in [6.45, 7) is 12.2. The van der Waals surface area contributed by atoms with Crippen molar-refractivity contribution in [2.45, 2.75) is 77.0 Å². The van der Waals surface area contributed by atoms with Crippen LogP contribution in [0.5, 0.6) is 0 Å². The molecule has 3 aromatic rings. The molecule has 2 atom stereocenters. The highest BCUT2D eigenvalue weighted by Gasteiger charge is 2.46. The zero-order chi connectivity index (χ0) is 29.5. The van der Waals surface area contributed by atoms with Gasteiger partial charge in [0, 0.05) is 57.1 Å². The van der Waals surface area contributed by atoms with Crippen molar-refractivity contribution < 1.29 is 14.3 Å². The minimum absolute atomic E-state index is 0.0213. The van der Waals surface area contributed by atoms with Crippen molar-refractivity contribution in [1.29, 1.82) is 0 Å². The van der Waals surface area contributed by atoms with E-state index in [1.54, 1.807) is 14.3 Å². The largest absolute Gasteiger partial charge is 0.444 e. The molecular weight excluding hydrogens is 518 g/mol. The van der Waals surface area contributed by atoms with Gasteiger partial charge in [-0.3, -0.25) is 4.79 Å². The van der Waals surface area contributed by atoms with Crippen molar-refractivity contribution >= 4 is 23.5 Å². The number of carbonyl (C=O) groups excluding carboxylic acids is 2. The Kier molecular flexibility index (Phi) is 7.72. The van der Waals surface area contributed by atoms with Crippen molar-refractivity contribution in [3.05, 3.63) is 59.4 Å². The highest BCUT2D eigenvalue weighted by atomic mass is 16.6. The molecule has 0 bridgehead atoms. The van der Waals surface area contributed by atoms with Crippen LogP contribution in [0.2, 0.25) is 0 Å². The monoisotopic (exact) mass is 561 g/mol. The van der Waals surface area contributed by atoms with Gasteiger partial charge in [0.05, 0.1) is 17.2 Å². The topological polar surface area (TPSA) is 109 Å². The number of carbonyl (C=O) groups is 2. The van der Waals surface area contributed by atoms with Crippen LogP contribution >= 0.6 is 0 Å². The van der Waals surface area contributed by atoms with Crippen LogP contribution in [0.4, 0.5) is 10.6 Å². The maximum Gasteiger partial charge on any atom is 0.410 e. The maximum absolute atomic E-state index is 14.4. The van der Waals surface area contributed by atoms with Crippen molar-refractivity contribution in [2.75, 3.05) is 38.1 Å². The van der Waals surface area contributed by atoms with Gasteiger partial charge in [-0.05, 0) is 59.4 Å². The Morgan fingerprint density at radius 3 is 2.44 bits per heavy atom. The van der Waals surface area contributed by atoms with Crippen LogP contribution in [0, 0.1) is 6.92 Å². The van der Waals surface area contributed by atoms with Gasteiger partial charge in [0.25, 0.3) is 0 Å². The number of nitrogens with zero attached hydrogens (tertiary/aromatic N) is 6. The second-order valence-corrected chi connectivity index (χ2v) is 12.6. The molecule has 5 rings (SSSR count). The van der Waals surface area contributed by atoms with Crippen LogP contribution < -0.4 is 10.6 Å². The van der Waals surface area contributed by atoms with Crippen LogP contribution in [-0.2, 0) is 14.9 Å². The molecule has 4 heterocycles. The molecule has 10 nitrogen and oxygen atoms in total. The van der Waals surface area contributed by atoms with Gasteiger partial charge in [-0.2, -0.15) is 5.10 Å². The summed E-state index contributed by atoms with van der Waals surface area (Å²) in [6.07, 6.45) is 3.64. The number of likely N-dealkylation sites (tertiary alicyclic amines) is 1. The quantitative estimate of drug-likeness (QED) is 0.500. The summed E-state index contributed by atoms with van der Waals surface area (Å²) in [4.78, 5) is 37.8. The lowest BCUT2D eigenvalue weighted by Gasteiger charge is -2.43. The second-order valence-electron chi connectivity index (χ2n) is 12.6. The van der Waals surface area contributed by atoms with Gasteiger partial charge < -0.3 is 25.2 Å². The van der Waals surface area contributed by atoms with Gasteiger partial charge >= 0.3 is 6.09 Å². The summed E-state index contributed by atoms with van der Waals surface area (Å²) in [7, 11) is 1.84. The number of amides is 2. The molecule has 2 N–H and O–H groups in total. The summed E-state index contributed by atoms with van der Waals surface area (Å²) in [5.41, 5.74) is 8.35. The Balaban J connectivity index is 1.39. The number of fused-ring (bicyclic) bond motifs is 1. The Morgan fingerprint density at radius 1 is 1.15 bits per heavy atom. The first-order chi connectivity index (χ1) is 19.4. The molecule has 1 aromatic carbocycles. The summed E-state index contributed by atoms with van der Waals surface area (Å²) in [6, 6.07) is 11.8. The average molecular weight is 562 g/mol. The molecule has 10 heteroatoms. The lowest BCUT2D eigenvalue weighted by molar-refractivity contribution is -0.140. The number of ether oxygens (including phenoxy) is 1. The number of hydrogen-bond donors (Lipinski definition) is 1. The van der Waals surface area contributed by atoms with E-state index in [4.69, 9.17) is 20.6 Å². The molecule has 2 amide bonds. The molecule has 0 radical (unpaired) electrons. The number of nitrogens with two attached hydrogens (primary N) is 1. The third-order valence-electron chi connectivity index (χ3n) is 8.48. The standard InChI is InChI=1S/C31H43N7O3/c1-21-19-38-26(33-27(21)37-15-12-24(32)20-37)18-25(34-38)22(2)35(6)28(39)31(23-10-8-7-9-11-23)13-16-36(17-14-31)29(40)41-30(3,4)5/h7-11,18-19,22,24H,12-17,20,32H2,1-6H3/t22-,24-/m0/s1. The highest BCUT2D eigenvalue weighted by molar-refractivity contribution is 5.89. The van der Waals surface area contributed by atoms with E-state index >= 15 is 0 Å². The molecule has 41 heavy (non-hydrogen) atoms. The molecule has 2 aliphatic heterocycles. The molecular formula is C31H43N7O3. The van der Waals surface area contributed by atoms with E-state index in [1.165, 1.54) is 0 Å². The highest BCUT2D eigenvalue weighted by Crippen LogP contribution is 2.39. The van der Waals surface area contributed by atoms with E-state index in [1.807, 2.05) is 84.3 Å². The van der Waals surface area contributed by atoms with Gasteiger partial charge in [0.2, 0.25) is 5.91 Å². The zero-order valence-electron chi connectivity index (χ0n) is 25.1. The minimum Gasteiger partial charge on any atom is -0.444 e. The zero-order valence-corrected chi connectivity index (χ0v) is 25.1. The number of aromatic nitrogens is 3. The Morgan fingerprint density at radius 2 is 1.83 bits per heavy atom. The van der Waals surface area contributed by atoms with E-state index in [9.17, 15) is 9.59 Å². The number of rotatable bonds is 5. The number of likely N-dealkylation sites (N-methyl/N-ethyl adjacent to an activating group) is 1. The summed E-state index contributed by atoms with van der Waals surface area (Å²) in [5, 5.41) is 4.82. The van der Waals surface area contributed by atoms with Crippen LogP contribution in [-0.4, -0.2) is 81.3 Å². The van der Waals surface area contributed by atoms with Crippen LogP contribution in [0.15, 0.2) is 42.6 Å². The maximum atomic E-state index is 14.4. The predicted octanol–water partition coefficient (Wildman–Crippen LogP) is 4.06. The minimum atomic E-state index is -0.752. The fourth-order valence-corrected chi connectivity index (χ4v) is 6.02. The number of anilines is 1. The Hall–Kier alpha value is -3.66. The molecule has 0 saturated carbocycles. The molecule has 2 aliphatic rings. The first-order valence-electron chi connectivity index (χ1n) is 14.6. The van der Waals surface area contributed by atoms with Crippen molar-refractivity contribution in [2.24, 2.45) is 5.73 Å². The fraction of sp³-hybridized carbons (Fsp3) is 0.548. The first-order valence-corrected chi connectivity index (χ1v) is 14.6. The Bertz CT molecular complexity index is 1410. The van der Waals surface area contributed by atoms with Crippen molar-refractivity contribution in [3.63, 3.8) is 0 Å². The molecule has 2 aromatic heterocycles. The van der Waals surface area contributed by atoms with Gasteiger partial charge in [-0.1, -0.05) is 30.3 Å². The van der Waals surface area contributed by atoms with Crippen molar-refractivity contribution in [3.8, 4) is 0 Å². The van der Waals surface area contributed by atoms with Crippen LogP contribution in [0.3, 0.4) is 0 Å². The van der Waals surface area contributed by atoms with E-state index < -0.39 is 11.0 Å². The second kappa shape index (κ2) is 11.0. The van der Waals surface area contributed by atoms with Gasteiger partial charge in [0.15, 0.2) is 5.65 Å². The number of benzene rings is 1. The third kappa shape index (κ3) is 5.75. The average Bonchev–Trinajstić information content (AvgIpc) is 3.56. The van der Waals surface area contributed by atoms with Gasteiger partial charge in [-0.15, -0.1) is 0 Å². The Labute approximate surface area is 242 Å². The number of piperidine rings is 1. The normalized spacial score (nSPS) is 19.8. The van der Waals surface area contributed by atoms with Gasteiger partial charge in [-0.25, -0.2) is 14.3 Å². The summed E-state index contributed by atoms with van der Waals surface area (Å²) >= 11 is 0. The molecule has 220 valence electrons. The third-order valence-corrected chi connectivity index (χ3v) is 8.48. The lowest BCUT2D eigenvalue weighted by Crippen LogP contribution is -2.54. The molecule has 0 spiro atoms. The van der Waals surface area contributed by atoms with E-state index in [0.29, 0.717) is 25.9 Å². The molecule has 2 fully saturated rings. The number of hydrogen-bond acceptors (Lipinski definition) is 7. The molecule has 0 unspecified atom stereocenters. The van der Waals surface area contributed by atoms with E-state index in [2.05, 4.69) is 4.90 Å². The van der Waals surface area contributed by atoms with Crippen molar-refractivity contribution in [1.82, 2.24) is 24.4 Å². The fourth-order valence-electron chi connectivity index (χ4n) is 6.02. The predicted molar refractivity (Wildman–Crippen MR) is 159 cm³/mol. The number of aryl methyl sites for hydroxylation is 1. The molecule has 0 aliphatic carbocycles. The lowest BCUT2D eigenvalue weighted by atomic mass is 9.71. The molecule has 2 saturated heterocycles. The first kappa shape index (κ1) is 28.9. The summed E-state index contributed by atoms with van der Waals surface area (Å²) < 4.78 is 7.40.